The number of ether oxygens (including phenoxy) is 1. The number of nitrogen functional groups attached to an aromatic ring is 1. The number of piperazine rings is 1. The van der Waals surface area contributed by atoms with Crippen LogP contribution < -0.4 is 16.0 Å². The third kappa shape index (κ3) is 3.67. The lowest BCUT2D eigenvalue weighted by Crippen LogP contribution is -2.43. The van der Waals surface area contributed by atoms with Crippen LogP contribution in [0.5, 0.6) is 0 Å². The Morgan fingerprint density at radius 2 is 2.00 bits per heavy atom. The van der Waals surface area contributed by atoms with Crippen molar-refractivity contribution in [2.75, 3.05) is 51.0 Å². The van der Waals surface area contributed by atoms with E-state index in [-0.39, 0.29) is 0 Å². The van der Waals surface area contributed by atoms with E-state index in [2.05, 4.69) is 19.9 Å². The highest BCUT2D eigenvalue weighted by Gasteiger charge is 2.11. The number of anilines is 2. The molecule has 2 rings (SSSR count). The fraction of sp³-hybridized carbons (Fsp3) is 0.545. The minimum absolute atomic E-state index is 0.768. The van der Waals surface area contributed by atoms with Crippen molar-refractivity contribution in [2.45, 2.75) is 0 Å². The minimum Gasteiger partial charge on any atom is -0.396 e. The van der Waals surface area contributed by atoms with Gasteiger partial charge in [0.15, 0.2) is 0 Å². The quantitative estimate of drug-likeness (QED) is 0.720. The van der Waals surface area contributed by atoms with Crippen LogP contribution in [0.3, 0.4) is 0 Å². The van der Waals surface area contributed by atoms with Gasteiger partial charge in [0.05, 0.1) is 17.6 Å². The first-order valence-corrected chi connectivity index (χ1v) is 5.35. The van der Waals surface area contributed by atoms with Gasteiger partial charge in [0.2, 0.25) is 0 Å². The van der Waals surface area contributed by atoms with Crippen molar-refractivity contribution in [3.05, 3.63) is 18.5 Å². The Kier molecular flexibility index (Phi) is 5.60. The average Bonchev–Trinajstić information content (AvgIpc) is 2.32. The first-order valence-electron chi connectivity index (χ1n) is 5.35. The van der Waals surface area contributed by atoms with Crippen molar-refractivity contribution in [2.24, 2.45) is 0 Å². The number of rotatable bonds is 1. The van der Waals surface area contributed by atoms with Gasteiger partial charge in [0.25, 0.3) is 0 Å². The summed E-state index contributed by atoms with van der Waals surface area (Å²) in [5.74, 6) is 0. The highest BCUT2D eigenvalue weighted by Crippen LogP contribution is 2.20. The summed E-state index contributed by atoms with van der Waals surface area (Å²) in [4.78, 5) is 6.26. The first kappa shape index (κ1) is 12.7. The van der Waals surface area contributed by atoms with E-state index >= 15 is 0 Å². The Bertz CT molecular complexity index is 300. The molecule has 0 bridgehead atoms. The van der Waals surface area contributed by atoms with Crippen molar-refractivity contribution >= 4 is 11.4 Å². The Morgan fingerprint density at radius 1 is 1.38 bits per heavy atom. The van der Waals surface area contributed by atoms with Crippen LogP contribution >= 0.6 is 0 Å². The number of nitrogens with zero attached hydrogens (tertiary/aromatic N) is 2. The molecule has 1 aliphatic heterocycles. The van der Waals surface area contributed by atoms with Crippen LogP contribution in [0, 0.1) is 0 Å². The van der Waals surface area contributed by atoms with Crippen LogP contribution in [0.15, 0.2) is 18.5 Å². The summed E-state index contributed by atoms with van der Waals surface area (Å²) < 4.78 is 4.25. The van der Waals surface area contributed by atoms with Gasteiger partial charge in [-0.15, -0.1) is 0 Å². The number of hydrogen-bond donors (Lipinski definition) is 2. The summed E-state index contributed by atoms with van der Waals surface area (Å²) in [5, 5.41) is 3.31. The lowest BCUT2D eigenvalue weighted by Gasteiger charge is -2.30. The second-order valence-electron chi connectivity index (χ2n) is 3.58. The van der Waals surface area contributed by atoms with Crippen LogP contribution in [0.4, 0.5) is 11.4 Å². The Hall–Kier alpha value is -1.33. The van der Waals surface area contributed by atoms with Crippen LogP contribution in [-0.4, -0.2) is 45.4 Å². The van der Waals surface area contributed by atoms with Gasteiger partial charge < -0.3 is 20.7 Å². The smallest absolute Gasteiger partial charge is 0.0738 e. The van der Waals surface area contributed by atoms with Gasteiger partial charge >= 0.3 is 0 Å². The summed E-state index contributed by atoms with van der Waals surface area (Å²) >= 11 is 0. The van der Waals surface area contributed by atoms with Crippen LogP contribution in [0.1, 0.15) is 0 Å². The maximum absolute atomic E-state index is 5.83. The van der Waals surface area contributed by atoms with Crippen LogP contribution in [0.25, 0.3) is 0 Å². The maximum Gasteiger partial charge on any atom is 0.0738 e. The molecule has 5 nitrogen and oxygen atoms in total. The second-order valence-corrected chi connectivity index (χ2v) is 3.58. The summed E-state index contributed by atoms with van der Waals surface area (Å²) in [6.45, 7) is 4.10. The fourth-order valence-electron chi connectivity index (χ4n) is 1.59. The SMILES string of the molecule is COC.Nc1cnccc1N1CCNCC1. The van der Waals surface area contributed by atoms with Crippen molar-refractivity contribution < 1.29 is 4.74 Å². The third-order valence-corrected chi connectivity index (χ3v) is 2.29. The number of aromatic nitrogens is 1. The van der Waals surface area contributed by atoms with E-state index < -0.39 is 0 Å². The summed E-state index contributed by atoms with van der Waals surface area (Å²) in [6.07, 6.45) is 3.49. The fourth-order valence-corrected chi connectivity index (χ4v) is 1.59. The Morgan fingerprint density at radius 3 is 2.56 bits per heavy atom. The van der Waals surface area contributed by atoms with Crippen molar-refractivity contribution in [1.29, 1.82) is 0 Å². The van der Waals surface area contributed by atoms with E-state index in [9.17, 15) is 0 Å². The standard InChI is InChI=1S/C9H14N4.C2H6O/c10-8-7-12-2-1-9(8)13-5-3-11-4-6-13;1-3-2/h1-2,7,11H,3-6,10H2;1-2H3. The molecule has 0 unspecified atom stereocenters. The van der Waals surface area contributed by atoms with Gasteiger partial charge in [-0.1, -0.05) is 0 Å². The van der Waals surface area contributed by atoms with Crippen LogP contribution in [0.2, 0.25) is 0 Å². The van der Waals surface area contributed by atoms with Gasteiger partial charge in [-0.25, -0.2) is 0 Å². The van der Waals surface area contributed by atoms with Crippen molar-refractivity contribution in [3.8, 4) is 0 Å². The first-order chi connectivity index (χ1) is 7.79. The Balaban J connectivity index is 0.000000386. The molecule has 0 radical (unpaired) electrons. The van der Waals surface area contributed by atoms with Crippen LogP contribution in [-0.2, 0) is 4.74 Å². The van der Waals surface area contributed by atoms with Gasteiger partial charge in [-0.2, -0.15) is 0 Å². The van der Waals surface area contributed by atoms with Crippen molar-refractivity contribution in [3.63, 3.8) is 0 Å². The lowest BCUT2D eigenvalue weighted by molar-refractivity contribution is 0.277. The highest BCUT2D eigenvalue weighted by atomic mass is 16.4. The van der Waals surface area contributed by atoms with E-state index in [1.54, 1.807) is 26.6 Å². The van der Waals surface area contributed by atoms with Gasteiger partial charge in [0, 0.05) is 46.6 Å². The normalized spacial score (nSPS) is 15.2. The number of pyridine rings is 1. The molecule has 2 heterocycles. The number of methoxy groups -OCH3 is 1. The maximum atomic E-state index is 5.83. The molecule has 5 heteroatoms. The van der Waals surface area contributed by atoms with Gasteiger partial charge in [-0.3, -0.25) is 4.98 Å². The molecule has 90 valence electrons. The van der Waals surface area contributed by atoms with E-state index in [1.807, 2.05) is 6.07 Å². The van der Waals surface area contributed by atoms with Crippen molar-refractivity contribution in [1.82, 2.24) is 10.3 Å². The largest absolute Gasteiger partial charge is 0.396 e. The van der Waals surface area contributed by atoms with E-state index in [4.69, 9.17) is 5.73 Å². The minimum atomic E-state index is 0.768. The third-order valence-electron chi connectivity index (χ3n) is 2.29. The molecule has 1 saturated heterocycles. The highest BCUT2D eigenvalue weighted by molar-refractivity contribution is 5.66. The van der Waals surface area contributed by atoms with Gasteiger partial charge in [0.1, 0.15) is 0 Å². The molecule has 0 aromatic carbocycles. The zero-order valence-corrected chi connectivity index (χ0v) is 9.94. The summed E-state index contributed by atoms with van der Waals surface area (Å²) in [6, 6.07) is 1.97. The molecule has 1 aromatic rings. The molecule has 0 saturated carbocycles. The molecular formula is C11H20N4O. The summed E-state index contributed by atoms with van der Waals surface area (Å²) in [5.41, 5.74) is 7.70. The molecule has 1 aromatic heterocycles. The molecule has 1 aliphatic rings. The molecule has 3 N–H and O–H groups in total. The van der Waals surface area contributed by atoms with E-state index in [0.29, 0.717) is 0 Å². The predicted molar refractivity (Wildman–Crippen MR) is 66.7 cm³/mol. The monoisotopic (exact) mass is 224 g/mol. The topological polar surface area (TPSA) is 63.4 Å². The lowest BCUT2D eigenvalue weighted by atomic mass is 10.2. The number of nitrogens with one attached hydrogen (secondary N) is 1. The summed E-state index contributed by atoms with van der Waals surface area (Å²) in [7, 11) is 3.25. The number of nitrogens with two attached hydrogens (primary N) is 1. The molecular weight excluding hydrogens is 204 g/mol. The van der Waals surface area contributed by atoms with E-state index in [1.165, 1.54) is 0 Å². The Labute approximate surface area is 96.6 Å². The molecule has 0 amide bonds. The average molecular weight is 224 g/mol. The van der Waals surface area contributed by atoms with E-state index in [0.717, 1.165) is 37.6 Å². The van der Waals surface area contributed by atoms with Gasteiger partial charge in [-0.05, 0) is 6.07 Å². The second kappa shape index (κ2) is 7.03. The number of hydrogen-bond acceptors (Lipinski definition) is 5. The molecule has 0 atom stereocenters. The zero-order valence-electron chi connectivity index (χ0n) is 9.94. The molecule has 0 spiro atoms. The predicted octanol–water partition coefficient (Wildman–Crippen LogP) is 0.336. The molecule has 0 aliphatic carbocycles. The zero-order chi connectivity index (χ0) is 11.8. The molecule has 16 heavy (non-hydrogen) atoms. The molecule has 1 fully saturated rings.